The number of amides is 2. The number of carbonyl (C=O) groups excluding carboxylic acids is 2. The lowest BCUT2D eigenvalue weighted by atomic mass is 10.0. The second kappa shape index (κ2) is 8.36. The van der Waals surface area contributed by atoms with Crippen LogP contribution in [0.25, 0.3) is 5.57 Å². The predicted molar refractivity (Wildman–Crippen MR) is 120 cm³/mol. The van der Waals surface area contributed by atoms with Crippen molar-refractivity contribution < 1.29 is 19.1 Å². The van der Waals surface area contributed by atoms with Gasteiger partial charge in [0.25, 0.3) is 11.8 Å². The van der Waals surface area contributed by atoms with E-state index in [-0.39, 0.29) is 11.3 Å². The molecule has 0 saturated carbocycles. The Labute approximate surface area is 180 Å². The molecule has 0 bridgehead atoms. The van der Waals surface area contributed by atoms with E-state index in [9.17, 15) is 9.59 Å². The molecule has 31 heavy (non-hydrogen) atoms. The average molecular weight is 414 g/mol. The minimum atomic E-state index is -0.409. The number of hydrogen-bond acceptors (Lipinski definition) is 5. The second-order valence-corrected chi connectivity index (χ2v) is 7.04. The molecule has 0 spiro atoms. The summed E-state index contributed by atoms with van der Waals surface area (Å²) in [7, 11) is 3.07. The number of para-hydroxylation sites is 2. The van der Waals surface area contributed by atoms with Gasteiger partial charge < -0.3 is 14.8 Å². The van der Waals surface area contributed by atoms with Crippen LogP contribution in [0.15, 0.2) is 78.5 Å². The van der Waals surface area contributed by atoms with Crippen LogP contribution < -0.4 is 19.7 Å². The van der Waals surface area contributed by atoms with Gasteiger partial charge in [-0.3, -0.25) is 9.59 Å². The molecule has 156 valence electrons. The van der Waals surface area contributed by atoms with Crippen LogP contribution in [-0.4, -0.2) is 26.0 Å². The fourth-order valence-corrected chi connectivity index (χ4v) is 3.60. The Morgan fingerprint density at radius 3 is 2.13 bits per heavy atom. The summed E-state index contributed by atoms with van der Waals surface area (Å²) in [5.41, 5.74) is 3.15. The van der Waals surface area contributed by atoms with Gasteiger partial charge in [-0.15, -0.1) is 0 Å². The first kappa shape index (κ1) is 20.2. The normalized spacial score (nSPS) is 13.6. The highest BCUT2D eigenvalue weighted by Crippen LogP contribution is 2.38. The Morgan fingerprint density at radius 2 is 1.45 bits per heavy atom. The first-order valence-corrected chi connectivity index (χ1v) is 9.78. The van der Waals surface area contributed by atoms with Gasteiger partial charge in [0.05, 0.1) is 25.5 Å². The number of nitrogens with zero attached hydrogens (tertiary/aromatic N) is 1. The molecule has 6 nitrogen and oxygen atoms in total. The number of benzene rings is 3. The van der Waals surface area contributed by atoms with Crippen LogP contribution in [-0.2, 0) is 9.59 Å². The number of hydrogen-bond donors (Lipinski definition) is 1. The molecule has 3 aromatic rings. The van der Waals surface area contributed by atoms with Crippen molar-refractivity contribution in [2.75, 3.05) is 24.4 Å². The van der Waals surface area contributed by atoms with Crippen molar-refractivity contribution in [3.05, 3.63) is 89.6 Å². The van der Waals surface area contributed by atoms with Crippen LogP contribution in [0.2, 0.25) is 0 Å². The van der Waals surface area contributed by atoms with E-state index < -0.39 is 11.8 Å². The zero-order valence-electron chi connectivity index (χ0n) is 17.5. The molecule has 0 saturated heterocycles. The van der Waals surface area contributed by atoms with Crippen molar-refractivity contribution in [1.82, 2.24) is 0 Å². The second-order valence-electron chi connectivity index (χ2n) is 7.04. The predicted octanol–water partition coefficient (Wildman–Crippen LogP) is 4.41. The van der Waals surface area contributed by atoms with E-state index in [1.54, 1.807) is 31.4 Å². The number of anilines is 2. The quantitative estimate of drug-likeness (QED) is 0.605. The fraction of sp³-hybridized carbons (Fsp3) is 0.120. The van der Waals surface area contributed by atoms with Gasteiger partial charge in [-0.05, 0) is 48.4 Å². The molecule has 4 rings (SSSR count). The summed E-state index contributed by atoms with van der Waals surface area (Å²) >= 11 is 0. The maximum atomic E-state index is 13.6. The van der Waals surface area contributed by atoms with Crippen LogP contribution in [0.5, 0.6) is 11.5 Å². The van der Waals surface area contributed by atoms with Crippen molar-refractivity contribution in [1.29, 1.82) is 0 Å². The Hall–Kier alpha value is -4.06. The molecule has 0 unspecified atom stereocenters. The summed E-state index contributed by atoms with van der Waals surface area (Å²) in [5.74, 6) is 0.205. The minimum Gasteiger partial charge on any atom is -0.493 e. The summed E-state index contributed by atoms with van der Waals surface area (Å²) in [6.45, 7) is 1.87. The third kappa shape index (κ3) is 3.64. The Bertz CT molecular complexity index is 1190. The van der Waals surface area contributed by atoms with Gasteiger partial charge in [-0.2, -0.15) is 0 Å². The molecule has 0 aromatic heterocycles. The first-order valence-electron chi connectivity index (χ1n) is 9.78. The number of imide groups is 1. The van der Waals surface area contributed by atoms with Crippen LogP contribution >= 0.6 is 0 Å². The minimum absolute atomic E-state index is 0.215. The van der Waals surface area contributed by atoms with Crippen LogP contribution in [0.4, 0.5) is 11.4 Å². The molecule has 0 aliphatic carbocycles. The molecule has 1 aliphatic rings. The van der Waals surface area contributed by atoms with Crippen molar-refractivity contribution in [3.63, 3.8) is 0 Å². The molecule has 3 aromatic carbocycles. The van der Waals surface area contributed by atoms with Crippen molar-refractivity contribution >= 4 is 28.8 Å². The fourth-order valence-electron chi connectivity index (χ4n) is 3.60. The lowest BCUT2D eigenvalue weighted by Crippen LogP contribution is -2.33. The maximum absolute atomic E-state index is 13.6. The van der Waals surface area contributed by atoms with E-state index in [2.05, 4.69) is 5.32 Å². The van der Waals surface area contributed by atoms with Gasteiger partial charge >= 0.3 is 0 Å². The van der Waals surface area contributed by atoms with Crippen LogP contribution in [0, 0.1) is 6.92 Å². The maximum Gasteiger partial charge on any atom is 0.282 e. The van der Waals surface area contributed by atoms with Crippen LogP contribution in [0.3, 0.4) is 0 Å². The standard InChI is InChI=1S/C25H22N2O4/c1-16-9-7-8-12-19(16)27-24(28)22(17-13-14-20(30-2)21(15-17)31-3)23(25(27)29)26-18-10-5-4-6-11-18/h4-15,26H,1-3H3. The lowest BCUT2D eigenvalue weighted by molar-refractivity contribution is -0.120. The molecule has 1 aliphatic heterocycles. The van der Waals surface area contributed by atoms with Crippen molar-refractivity contribution in [2.24, 2.45) is 0 Å². The van der Waals surface area contributed by atoms with E-state index in [1.165, 1.54) is 12.0 Å². The van der Waals surface area contributed by atoms with E-state index in [1.807, 2.05) is 55.5 Å². The first-order chi connectivity index (χ1) is 15.0. The largest absolute Gasteiger partial charge is 0.493 e. The monoisotopic (exact) mass is 414 g/mol. The molecule has 6 heteroatoms. The number of methoxy groups -OCH3 is 2. The topological polar surface area (TPSA) is 67.9 Å². The number of rotatable bonds is 6. The smallest absolute Gasteiger partial charge is 0.282 e. The molecule has 0 atom stereocenters. The molecular weight excluding hydrogens is 392 g/mol. The third-order valence-electron chi connectivity index (χ3n) is 5.16. The molecule has 1 heterocycles. The summed E-state index contributed by atoms with van der Waals surface area (Å²) in [5, 5.41) is 3.15. The van der Waals surface area contributed by atoms with Crippen LogP contribution in [0.1, 0.15) is 11.1 Å². The number of nitrogens with one attached hydrogen (secondary N) is 1. The molecule has 1 N–H and O–H groups in total. The highest BCUT2D eigenvalue weighted by molar-refractivity contribution is 6.46. The molecule has 2 amide bonds. The Kier molecular flexibility index (Phi) is 5.45. The number of aryl methyl sites for hydroxylation is 1. The Morgan fingerprint density at radius 1 is 0.774 bits per heavy atom. The highest BCUT2D eigenvalue weighted by atomic mass is 16.5. The average Bonchev–Trinajstić information content (AvgIpc) is 3.03. The van der Waals surface area contributed by atoms with Crippen molar-refractivity contribution in [2.45, 2.75) is 6.92 Å². The van der Waals surface area contributed by atoms with E-state index in [0.717, 1.165) is 5.56 Å². The summed E-state index contributed by atoms with van der Waals surface area (Å²) in [4.78, 5) is 28.2. The summed E-state index contributed by atoms with van der Waals surface area (Å²) in [6.07, 6.45) is 0. The molecular formula is C25H22N2O4. The van der Waals surface area contributed by atoms with Gasteiger partial charge in [0.15, 0.2) is 11.5 Å². The van der Waals surface area contributed by atoms with Gasteiger partial charge in [0, 0.05) is 5.69 Å². The summed E-state index contributed by atoms with van der Waals surface area (Å²) in [6, 6.07) is 21.8. The summed E-state index contributed by atoms with van der Waals surface area (Å²) < 4.78 is 10.7. The van der Waals surface area contributed by atoms with E-state index in [0.29, 0.717) is 28.4 Å². The van der Waals surface area contributed by atoms with Crippen molar-refractivity contribution in [3.8, 4) is 11.5 Å². The van der Waals surface area contributed by atoms with E-state index in [4.69, 9.17) is 9.47 Å². The van der Waals surface area contributed by atoms with Gasteiger partial charge in [0.2, 0.25) is 0 Å². The number of carbonyl (C=O) groups is 2. The lowest BCUT2D eigenvalue weighted by Gasteiger charge is -2.17. The number of ether oxygens (including phenoxy) is 2. The van der Waals surface area contributed by atoms with E-state index >= 15 is 0 Å². The van der Waals surface area contributed by atoms with Gasteiger partial charge in [-0.1, -0.05) is 42.5 Å². The molecule has 0 radical (unpaired) electrons. The molecule has 0 fully saturated rings. The zero-order chi connectivity index (χ0) is 22.0. The Balaban J connectivity index is 1.87. The highest BCUT2D eigenvalue weighted by Gasteiger charge is 2.41. The zero-order valence-corrected chi connectivity index (χ0v) is 17.5. The third-order valence-corrected chi connectivity index (χ3v) is 5.16. The van der Waals surface area contributed by atoms with Gasteiger partial charge in [0.1, 0.15) is 5.70 Å². The van der Waals surface area contributed by atoms with Gasteiger partial charge in [-0.25, -0.2) is 4.90 Å². The SMILES string of the molecule is COc1ccc(C2=C(Nc3ccccc3)C(=O)N(c3ccccc3C)C2=O)cc1OC.